The summed E-state index contributed by atoms with van der Waals surface area (Å²) in [6.45, 7) is 3.60. The van der Waals surface area contributed by atoms with Crippen molar-refractivity contribution in [1.29, 1.82) is 0 Å². The van der Waals surface area contributed by atoms with Gasteiger partial charge in [0.25, 0.3) is 5.91 Å². The van der Waals surface area contributed by atoms with Crippen LogP contribution in [0.25, 0.3) is 10.2 Å². The second-order valence-corrected chi connectivity index (χ2v) is 8.34. The predicted molar refractivity (Wildman–Crippen MR) is 98.2 cm³/mol. The van der Waals surface area contributed by atoms with Crippen LogP contribution in [0, 0.1) is 5.82 Å². The fourth-order valence-electron chi connectivity index (χ4n) is 2.22. The first-order chi connectivity index (χ1) is 11.6. The number of aromatic nitrogens is 1. The van der Waals surface area contributed by atoms with E-state index in [0.29, 0.717) is 29.4 Å². The predicted octanol–water partition coefficient (Wildman–Crippen LogP) is 4.44. The van der Waals surface area contributed by atoms with E-state index in [4.69, 9.17) is 4.74 Å². The van der Waals surface area contributed by atoms with Crippen molar-refractivity contribution < 1.29 is 13.9 Å². The maximum Gasteiger partial charge on any atom is 0.289 e. The molecule has 0 atom stereocenters. The molecule has 2 aromatic heterocycles. The fraction of sp³-hybridized carbons (Fsp3) is 0.250. The van der Waals surface area contributed by atoms with Crippen LogP contribution in [0.4, 0.5) is 4.39 Å². The van der Waals surface area contributed by atoms with Crippen LogP contribution in [0.2, 0.25) is 0 Å². The summed E-state index contributed by atoms with van der Waals surface area (Å²) in [4.78, 5) is 17.7. The van der Waals surface area contributed by atoms with Crippen LogP contribution in [0.15, 0.2) is 39.1 Å². The van der Waals surface area contributed by atoms with Crippen molar-refractivity contribution in [2.75, 3.05) is 13.2 Å². The fourth-order valence-corrected chi connectivity index (χ4v) is 4.57. The average Bonchev–Trinajstić information content (AvgIpc) is 3.11. The maximum absolute atomic E-state index is 13.5. The molecule has 2 heterocycles. The smallest absolute Gasteiger partial charge is 0.289 e. The first-order valence-corrected chi connectivity index (χ1v) is 9.72. The van der Waals surface area contributed by atoms with Gasteiger partial charge in [0.2, 0.25) is 0 Å². The molecular formula is C16H14BrFN2O2S2. The Kier molecular flexibility index (Phi) is 5.60. The van der Waals surface area contributed by atoms with Gasteiger partial charge >= 0.3 is 0 Å². The number of nitrogens with zero attached hydrogens (tertiary/aromatic N) is 2. The Hall–Kier alpha value is -1.35. The van der Waals surface area contributed by atoms with E-state index in [-0.39, 0.29) is 11.7 Å². The second kappa shape index (κ2) is 7.69. The average molecular weight is 429 g/mol. The topological polar surface area (TPSA) is 43.6 Å². The highest BCUT2D eigenvalue weighted by Crippen LogP contribution is 2.23. The number of hydrogen-bond acceptors (Lipinski definition) is 4. The van der Waals surface area contributed by atoms with Gasteiger partial charge in [-0.2, -0.15) is 4.99 Å². The normalized spacial score (nSPS) is 12.2. The van der Waals surface area contributed by atoms with E-state index in [9.17, 15) is 9.18 Å². The van der Waals surface area contributed by atoms with E-state index in [2.05, 4.69) is 20.9 Å². The number of carbonyl (C=O) groups excluding carboxylic acids is 1. The molecule has 1 amide bonds. The minimum Gasteiger partial charge on any atom is -0.380 e. The zero-order valence-corrected chi connectivity index (χ0v) is 16.0. The van der Waals surface area contributed by atoms with Gasteiger partial charge in [0.05, 0.1) is 25.5 Å². The van der Waals surface area contributed by atoms with E-state index in [0.717, 1.165) is 14.0 Å². The Bertz CT molecular complexity index is 945. The Morgan fingerprint density at radius 3 is 2.88 bits per heavy atom. The zero-order valence-electron chi connectivity index (χ0n) is 12.8. The highest BCUT2D eigenvalue weighted by Gasteiger charge is 2.11. The number of rotatable bonds is 5. The lowest BCUT2D eigenvalue weighted by Crippen LogP contribution is -2.19. The number of thiazole rings is 1. The summed E-state index contributed by atoms with van der Waals surface area (Å²) in [5, 5.41) is 0. The van der Waals surface area contributed by atoms with Gasteiger partial charge in [-0.1, -0.05) is 11.3 Å². The Balaban J connectivity index is 2.06. The lowest BCUT2D eigenvalue weighted by molar-refractivity contribution is 0.100. The van der Waals surface area contributed by atoms with Crippen molar-refractivity contribution in [2.24, 2.45) is 4.99 Å². The van der Waals surface area contributed by atoms with Crippen LogP contribution < -0.4 is 4.80 Å². The van der Waals surface area contributed by atoms with Gasteiger partial charge in [0.15, 0.2) is 4.80 Å². The third kappa shape index (κ3) is 3.83. The molecule has 1 aromatic carbocycles. The van der Waals surface area contributed by atoms with E-state index < -0.39 is 0 Å². The van der Waals surface area contributed by atoms with Gasteiger partial charge in [-0.05, 0) is 53.2 Å². The third-order valence-electron chi connectivity index (χ3n) is 3.29. The van der Waals surface area contributed by atoms with E-state index in [1.807, 2.05) is 17.6 Å². The molecule has 4 nitrogen and oxygen atoms in total. The Morgan fingerprint density at radius 1 is 1.33 bits per heavy atom. The molecule has 0 saturated carbocycles. The van der Waals surface area contributed by atoms with E-state index >= 15 is 0 Å². The number of carbonyl (C=O) groups is 1. The lowest BCUT2D eigenvalue weighted by Gasteiger charge is -2.05. The molecule has 0 spiro atoms. The SMILES string of the molecule is CCOCCn1c(=NC(=O)c2ccc(Br)s2)sc2cc(F)ccc21. The summed E-state index contributed by atoms with van der Waals surface area (Å²) in [6, 6.07) is 8.13. The molecule has 126 valence electrons. The first kappa shape index (κ1) is 17.5. The van der Waals surface area contributed by atoms with Crippen molar-refractivity contribution in [3.8, 4) is 0 Å². The van der Waals surface area contributed by atoms with Gasteiger partial charge in [-0.3, -0.25) is 4.79 Å². The van der Waals surface area contributed by atoms with Gasteiger partial charge in [-0.25, -0.2) is 4.39 Å². The molecular weight excluding hydrogens is 415 g/mol. The summed E-state index contributed by atoms with van der Waals surface area (Å²) in [7, 11) is 0. The molecule has 0 aliphatic heterocycles. The third-order valence-corrected chi connectivity index (χ3v) is 5.94. The number of hydrogen-bond donors (Lipinski definition) is 0. The summed E-state index contributed by atoms with van der Waals surface area (Å²) < 4.78 is 22.4. The van der Waals surface area contributed by atoms with Crippen LogP contribution >= 0.6 is 38.6 Å². The van der Waals surface area contributed by atoms with Gasteiger partial charge in [-0.15, -0.1) is 11.3 Å². The molecule has 0 bridgehead atoms. The highest BCUT2D eigenvalue weighted by molar-refractivity contribution is 9.11. The minimum atomic E-state index is -0.305. The lowest BCUT2D eigenvalue weighted by atomic mass is 10.3. The molecule has 3 aromatic rings. The zero-order chi connectivity index (χ0) is 17.1. The quantitative estimate of drug-likeness (QED) is 0.563. The first-order valence-electron chi connectivity index (χ1n) is 7.29. The molecule has 3 rings (SSSR count). The summed E-state index contributed by atoms with van der Waals surface area (Å²) >= 11 is 5.98. The monoisotopic (exact) mass is 428 g/mol. The molecule has 0 aliphatic carbocycles. The van der Waals surface area contributed by atoms with Gasteiger partial charge < -0.3 is 9.30 Å². The standard InChI is InChI=1S/C16H14BrFN2O2S2/c1-2-22-8-7-20-11-4-3-10(18)9-13(11)24-16(20)19-15(21)12-5-6-14(17)23-12/h3-6,9H,2,7-8H2,1H3. The second-order valence-electron chi connectivity index (χ2n) is 4.87. The van der Waals surface area contributed by atoms with Crippen LogP contribution in [0.5, 0.6) is 0 Å². The Labute approximate surface area is 154 Å². The van der Waals surface area contributed by atoms with Gasteiger partial charge in [0, 0.05) is 13.2 Å². The largest absolute Gasteiger partial charge is 0.380 e. The number of thiophene rings is 1. The number of fused-ring (bicyclic) bond motifs is 1. The minimum absolute atomic E-state index is 0.303. The number of amides is 1. The maximum atomic E-state index is 13.5. The van der Waals surface area contributed by atoms with Gasteiger partial charge in [0.1, 0.15) is 5.82 Å². The number of ether oxygens (including phenoxy) is 1. The Morgan fingerprint density at radius 2 is 2.17 bits per heavy atom. The molecule has 0 saturated heterocycles. The molecule has 0 aliphatic rings. The molecule has 0 fully saturated rings. The molecule has 0 N–H and O–H groups in total. The van der Waals surface area contributed by atoms with Crippen molar-refractivity contribution in [3.63, 3.8) is 0 Å². The molecule has 8 heteroatoms. The van der Waals surface area contributed by atoms with Crippen LogP contribution in [0.1, 0.15) is 16.6 Å². The van der Waals surface area contributed by atoms with Crippen molar-refractivity contribution in [3.05, 3.63) is 49.6 Å². The van der Waals surface area contributed by atoms with Crippen molar-refractivity contribution >= 4 is 54.7 Å². The highest BCUT2D eigenvalue weighted by atomic mass is 79.9. The number of benzene rings is 1. The van der Waals surface area contributed by atoms with Crippen molar-refractivity contribution in [2.45, 2.75) is 13.5 Å². The molecule has 0 radical (unpaired) electrons. The molecule has 24 heavy (non-hydrogen) atoms. The van der Waals surface area contributed by atoms with E-state index in [1.54, 1.807) is 12.1 Å². The summed E-state index contributed by atoms with van der Waals surface area (Å²) in [5.74, 6) is -0.608. The van der Waals surface area contributed by atoms with Crippen LogP contribution in [-0.2, 0) is 11.3 Å². The molecule has 0 unspecified atom stereocenters. The number of halogens is 2. The van der Waals surface area contributed by atoms with Crippen LogP contribution in [0.3, 0.4) is 0 Å². The van der Waals surface area contributed by atoms with E-state index in [1.165, 1.54) is 34.8 Å². The van der Waals surface area contributed by atoms with Crippen molar-refractivity contribution in [1.82, 2.24) is 4.57 Å². The summed E-state index contributed by atoms with van der Waals surface area (Å²) in [5.41, 5.74) is 0.847. The summed E-state index contributed by atoms with van der Waals surface area (Å²) in [6.07, 6.45) is 0. The van der Waals surface area contributed by atoms with Crippen LogP contribution in [-0.4, -0.2) is 23.7 Å².